The molecule has 1 aliphatic rings. The molecule has 0 saturated heterocycles. The first-order chi connectivity index (χ1) is 11.4. The highest BCUT2D eigenvalue weighted by Crippen LogP contribution is 2.27. The van der Waals surface area contributed by atoms with Crippen molar-refractivity contribution in [3.8, 4) is 0 Å². The molecule has 0 spiro atoms. The van der Waals surface area contributed by atoms with Crippen molar-refractivity contribution in [3.05, 3.63) is 0 Å². The second-order valence-corrected chi connectivity index (χ2v) is 8.74. The summed E-state index contributed by atoms with van der Waals surface area (Å²) in [5.41, 5.74) is 0. The largest absolute Gasteiger partial charge is 0.357 e. The quantitative estimate of drug-likeness (QED) is 0.191. The van der Waals surface area contributed by atoms with Crippen LogP contribution in [0.25, 0.3) is 0 Å². The van der Waals surface area contributed by atoms with Crippen LogP contribution in [-0.2, 0) is 10.0 Å². The van der Waals surface area contributed by atoms with Gasteiger partial charge in [-0.3, -0.25) is 4.99 Å². The molecule has 25 heavy (non-hydrogen) atoms. The number of halogens is 1. The minimum Gasteiger partial charge on any atom is -0.357 e. The Labute approximate surface area is 171 Å². The van der Waals surface area contributed by atoms with Crippen LogP contribution in [0.3, 0.4) is 0 Å². The van der Waals surface area contributed by atoms with Gasteiger partial charge in [-0.15, -0.1) is 24.0 Å². The zero-order chi connectivity index (χ0) is 17.8. The molecule has 1 atom stereocenters. The van der Waals surface area contributed by atoms with E-state index in [0.29, 0.717) is 25.6 Å². The number of rotatable bonds is 10. The standard InChI is InChI=1S/C17H36N4O2S.HI/c1-4-18-17(19-13-8-14-20-24(3,22)23)21-15(2)11-12-16-9-6-5-7-10-16;/h15-16,20H,4-14H2,1-3H3,(H2,18,19,21);1H. The first kappa shape index (κ1) is 24.9. The molecule has 150 valence electrons. The van der Waals surface area contributed by atoms with Crippen LogP contribution in [0.15, 0.2) is 4.99 Å². The smallest absolute Gasteiger partial charge is 0.208 e. The van der Waals surface area contributed by atoms with Crippen molar-refractivity contribution in [2.24, 2.45) is 10.9 Å². The molecule has 0 aliphatic heterocycles. The van der Waals surface area contributed by atoms with Gasteiger partial charge in [-0.25, -0.2) is 13.1 Å². The van der Waals surface area contributed by atoms with Gasteiger partial charge >= 0.3 is 0 Å². The second-order valence-electron chi connectivity index (χ2n) is 6.91. The van der Waals surface area contributed by atoms with Gasteiger partial charge in [0.15, 0.2) is 5.96 Å². The van der Waals surface area contributed by atoms with E-state index < -0.39 is 10.0 Å². The van der Waals surface area contributed by atoms with Crippen molar-refractivity contribution in [2.75, 3.05) is 25.9 Å². The lowest BCUT2D eigenvalue weighted by atomic mass is 9.85. The van der Waals surface area contributed by atoms with Gasteiger partial charge < -0.3 is 10.6 Å². The van der Waals surface area contributed by atoms with Crippen LogP contribution in [-0.4, -0.2) is 46.3 Å². The summed E-state index contributed by atoms with van der Waals surface area (Å²) >= 11 is 0. The van der Waals surface area contributed by atoms with Crippen molar-refractivity contribution in [1.29, 1.82) is 0 Å². The van der Waals surface area contributed by atoms with Gasteiger partial charge in [0.05, 0.1) is 6.26 Å². The summed E-state index contributed by atoms with van der Waals surface area (Å²) in [6, 6.07) is 0.402. The fourth-order valence-electron chi connectivity index (χ4n) is 3.11. The van der Waals surface area contributed by atoms with E-state index in [1.807, 2.05) is 0 Å². The Kier molecular flexibility index (Phi) is 14.0. The molecule has 8 heteroatoms. The van der Waals surface area contributed by atoms with Crippen LogP contribution < -0.4 is 15.4 Å². The van der Waals surface area contributed by atoms with E-state index in [-0.39, 0.29) is 24.0 Å². The van der Waals surface area contributed by atoms with Gasteiger partial charge in [-0.1, -0.05) is 32.1 Å². The predicted molar refractivity (Wildman–Crippen MR) is 117 cm³/mol. The van der Waals surface area contributed by atoms with Crippen LogP contribution in [0.5, 0.6) is 0 Å². The lowest BCUT2D eigenvalue weighted by Crippen LogP contribution is -2.42. The van der Waals surface area contributed by atoms with Crippen molar-refractivity contribution in [3.63, 3.8) is 0 Å². The average Bonchev–Trinajstić information content (AvgIpc) is 2.52. The zero-order valence-electron chi connectivity index (χ0n) is 16.0. The molecule has 1 aliphatic carbocycles. The molecule has 1 saturated carbocycles. The highest BCUT2D eigenvalue weighted by Gasteiger charge is 2.15. The lowest BCUT2D eigenvalue weighted by molar-refractivity contribution is 0.322. The van der Waals surface area contributed by atoms with Crippen molar-refractivity contribution in [1.82, 2.24) is 15.4 Å². The summed E-state index contributed by atoms with van der Waals surface area (Å²) in [5, 5.41) is 6.72. The summed E-state index contributed by atoms with van der Waals surface area (Å²) in [7, 11) is -3.10. The van der Waals surface area contributed by atoms with E-state index in [2.05, 4.69) is 34.2 Å². The monoisotopic (exact) mass is 488 g/mol. The first-order valence-electron chi connectivity index (χ1n) is 9.40. The minimum absolute atomic E-state index is 0. The van der Waals surface area contributed by atoms with Gasteiger partial charge in [-0.2, -0.15) is 0 Å². The first-order valence-corrected chi connectivity index (χ1v) is 11.3. The molecular weight excluding hydrogens is 451 g/mol. The number of hydrogen-bond acceptors (Lipinski definition) is 3. The van der Waals surface area contributed by atoms with E-state index in [4.69, 9.17) is 0 Å². The molecule has 0 radical (unpaired) electrons. The third-order valence-corrected chi connectivity index (χ3v) is 5.16. The average molecular weight is 488 g/mol. The molecule has 6 nitrogen and oxygen atoms in total. The minimum atomic E-state index is -3.10. The van der Waals surface area contributed by atoms with Crippen molar-refractivity contribution in [2.45, 2.75) is 71.3 Å². The maximum atomic E-state index is 11.0. The summed E-state index contributed by atoms with van der Waals surface area (Å²) in [4.78, 5) is 4.53. The van der Waals surface area contributed by atoms with Gasteiger partial charge in [0.2, 0.25) is 10.0 Å². The van der Waals surface area contributed by atoms with Crippen LogP contribution >= 0.6 is 24.0 Å². The summed E-state index contributed by atoms with van der Waals surface area (Å²) in [6.45, 7) is 6.12. The molecule has 0 aromatic rings. The molecule has 0 aromatic heterocycles. The number of nitrogens with one attached hydrogen (secondary N) is 3. The zero-order valence-corrected chi connectivity index (χ0v) is 19.2. The maximum absolute atomic E-state index is 11.0. The Bertz CT molecular complexity index is 465. The fourth-order valence-corrected chi connectivity index (χ4v) is 3.63. The van der Waals surface area contributed by atoms with Crippen LogP contribution in [0.4, 0.5) is 0 Å². The highest BCUT2D eigenvalue weighted by atomic mass is 127. The predicted octanol–water partition coefficient (Wildman–Crippen LogP) is 2.85. The number of sulfonamides is 1. The molecular formula is C17H37IN4O2S. The molecule has 0 heterocycles. The fraction of sp³-hybridized carbons (Fsp3) is 0.941. The summed E-state index contributed by atoms with van der Waals surface area (Å²) in [5.74, 6) is 1.73. The molecule has 1 fully saturated rings. The summed E-state index contributed by atoms with van der Waals surface area (Å²) in [6.07, 6.45) is 11.3. The molecule has 3 N–H and O–H groups in total. The van der Waals surface area contributed by atoms with E-state index in [1.54, 1.807) is 0 Å². The number of aliphatic imine (C=N–C) groups is 1. The molecule has 0 amide bonds. The molecule has 1 rings (SSSR count). The topological polar surface area (TPSA) is 82.6 Å². The van der Waals surface area contributed by atoms with Crippen molar-refractivity contribution < 1.29 is 8.42 Å². The van der Waals surface area contributed by atoms with E-state index in [1.165, 1.54) is 51.2 Å². The Balaban J connectivity index is 0.00000576. The van der Waals surface area contributed by atoms with Gasteiger partial charge in [-0.05, 0) is 39.0 Å². The number of hydrogen-bond donors (Lipinski definition) is 3. The Hall–Kier alpha value is -0.0900. The molecule has 0 bridgehead atoms. The number of guanidine groups is 1. The van der Waals surface area contributed by atoms with Crippen LogP contribution in [0.2, 0.25) is 0 Å². The third-order valence-electron chi connectivity index (χ3n) is 4.43. The molecule has 1 unspecified atom stereocenters. The Morgan fingerprint density at radius 2 is 1.92 bits per heavy atom. The molecule has 0 aromatic carbocycles. The maximum Gasteiger partial charge on any atom is 0.208 e. The van der Waals surface area contributed by atoms with Gasteiger partial charge in [0.25, 0.3) is 0 Å². The van der Waals surface area contributed by atoms with Crippen LogP contribution in [0, 0.1) is 5.92 Å². The summed E-state index contributed by atoms with van der Waals surface area (Å²) < 4.78 is 24.5. The van der Waals surface area contributed by atoms with Gasteiger partial charge in [0, 0.05) is 25.7 Å². The lowest BCUT2D eigenvalue weighted by Gasteiger charge is -2.24. The Morgan fingerprint density at radius 1 is 1.24 bits per heavy atom. The highest BCUT2D eigenvalue weighted by molar-refractivity contribution is 14.0. The second kappa shape index (κ2) is 14.0. The third kappa shape index (κ3) is 13.7. The van der Waals surface area contributed by atoms with Gasteiger partial charge in [0.1, 0.15) is 0 Å². The van der Waals surface area contributed by atoms with E-state index in [0.717, 1.165) is 18.4 Å². The van der Waals surface area contributed by atoms with Crippen LogP contribution in [0.1, 0.15) is 65.2 Å². The SMILES string of the molecule is CCNC(=NCCCNS(C)(=O)=O)NC(C)CCC1CCCCC1.I. The van der Waals surface area contributed by atoms with E-state index in [9.17, 15) is 8.42 Å². The normalized spacial score (nSPS) is 17.6. The number of nitrogens with zero attached hydrogens (tertiary/aromatic N) is 1. The van der Waals surface area contributed by atoms with E-state index >= 15 is 0 Å². The Morgan fingerprint density at radius 3 is 2.52 bits per heavy atom. The van der Waals surface area contributed by atoms with Crippen molar-refractivity contribution >= 4 is 40.0 Å².